The van der Waals surface area contributed by atoms with E-state index in [0.29, 0.717) is 37.8 Å². The molecule has 0 bridgehead atoms. The van der Waals surface area contributed by atoms with Crippen LogP contribution in [0.5, 0.6) is 5.75 Å². The van der Waals surface area contributed by atoms with Crippen LogP contribution in [0.15, 0.2) is 52.1 Å². The highest BCUT2D eigenvalue weighted by molar-refractivity contribution is 5.91. The van der Waals surface area contributed by atoms with Crippen LogP contribution in [0, 0.1) is 0 Å². The van der Waals surface area contributed by atoms with Gasteiger partial charge in [-0.2, -0.15) is 8.78 Å². The quantitative estimate of drug-likeness (QED) is 0.343. The Morgan fingerprint density at radius 3 is 2.80 bits per heavy atom. The van der Waals surface area contributed by atoms with Crippen LogP contribution in [-0.2, 0) is 0 Å². The minimum atomic E-state index is -2.86. The number of halogens is 2. The summed E-state index contributed by atoms with van der Waals surface area (Å²) in [5, 5.41) is 9.21. The molecule has 0 radical (unpaired) electrons. The van der Waals surface area contributed by atoms with Crippen molar-refractivity contribution in [2.45, 2.75) is 19.1 Å². The number of hydrogen-bond donors (Lipinski definition) is 3. The number of amides is 1. The van der Waals surface area contributed by atoms with Crippen molar-refractivity contribution < 1.29 is 22.7 Å². The summed E-state index contributed by atoms with van der Waals surface area (Å²) >= 11 is 0. The second-order valence-electron chi connectivity index (χ2n) is 6.65. The Kier molecular flexibility index (Phi) is 7.47. The molecule has 1 aromatic carbocycles. The van der Waals surface area contributed by atoms with Gasteiger partial charge >= 0.3 is 6.61 Å². The number of carbonyl (C=O) groups excluding carboxylic acids is 1. The van der Waals surface area contributed by atoms with E-state index >= 15 is 0 Å². The maximum absolute atomic E-state index is 12.7. The number of guanidine groups is 1. The van der Waals surface area contributed by atoms with E-state index in [4.69, 9.17) is 4.42 Å². The Bertz CT molecular complexity index is 845. The second-order valence-corrected chi connectivity index (χ2v) is 6.65. The highest BCUT2D eigenvalue weighted by Gasteiger charge is 2.26. The zero-order chi connectivity index (χ0) is 21.3. The fourth-order valence-electron chi connectivity index (χ4n) is 3.25. The molecular weight excluding hydrogens is 396 g/mol. The summed E-state index contributed by atoms with van der Waals surface area (Å²) in [5.41, 5.74) is 0.644. The van der Waals surface area contributed by atoms with Crippen LogP contribution in [0.4, 0.5) is 14.5 Å². The van der Waals surface area contributed by atoms with Crippen molar-refractivity contribution in [2.75, 3.05) is 38.1 Å². The number of hydrogen-bond acceptors (Lipinski definition) is 5. The maximum atomic E-state index is 12.7. The fourth-order valence-corrected chi connectivity index (χ4v) is 3.25. The molecule has 1 fully saturated rings. The molecule has 2 heterocycles. The number of anilines is 1. The molecule has 0 spiro atoms. The smallest absolute Gasteiger partial charge is 0.387 e. The average molecular weight is 421 g/mol. The molecule has 1 aromatic heterocycles. The van der Waals surface area contributed by atoms with Crippen molar-refractivity contribution >= 4 is 17.6 Å². The Hall–Kier alpha value is -3.30. The third kappa shape index (κ3) is 5.85. The highest BCUT2D eigenvalue weighted by Crippen LogP contribution is 2.31. The van der Waals surface area contributed by atoms with Gasteiger partial charge < -0.3 is 30.0 Å². The first-order valence-corrected chi connectivity index (χ1v) is 9.64. The summed E-state index contributed by atoms with van der Waals surface area (Å²) in [7, 11) is 1.66. The molecule has 10 heteroatoms. The van der Waals surface area contributed by atoms with Gasteiger partial charge in [0.05, 0.1) is 12.0 Å². The first kappa shape index (κ1) is 21.4. The monoisotopic (exact) mass is 421 g/mol. The van der Waals surface area contributed by atoms with Gasteiger partial charge in [0.15, 0.2) is 11.7 Å². The number of aliphatic imine (C=N–C) groups is 1. The Morgan fingerprint density at radius 1 is 1.27 bits per heavy atom. The molecule has 3 N–H and O–H groups in total. The average Bonchev–Trinajstić information content (AvgIpc) is 3.42. The highest BCUT2D eigenvalue weighted by atomic mass is 19.3. The van der Waals surface area contributed by atoms with Gasteiger partial charge in [-0.05, 0) is 30.7 Å². The van der Waals surface area contributed by atoms with Gasteiger partial charge in [0.2, 0.25) is 0 Å². The molecule has 3 rings (SSSR count). The number of nitrogens with zero attached hydrogens (tertiary/aromatic N) is 2. The molecular formula is C20H25F2N5O3. The van der Waals surface area contributed by atoms with Gasteiger partial charge in [0.25, 0.3) is 5.91 Å². The van der Waals surface area contributed by atoms with Crippen molar-refractivity contribution in [3.05, 3.63) is 48.4 Å². The van der Waals surface area contributed by atoms with Crippen LogP contribution in [0.2, 0.25) is 0 Å². The molecule has 2 aromatic rings. The minimum Gasteiger partial charge on any atom is -0.459 e. The first-order chi connectivity index (χ1) is 14.6. The van der Waals surface area contributed by atoms with Crippen molar-refractivity contribution in [1.29, 1.82) is 0 Å². The molecule has 1 atom stereocenters. The lowest BCUT2D eigenvalue weighted by Crippen LogP contribution is -2.46. The lowest BCUT2D eigenvalue weighted by molar-refractivity contribution is -0.0495. The van der Waals surface area contributed by atoms with Gasteiger partial charge in [-0.15, -0.1) is 0 Å². The lowest BCUT2D eigenvalue weighted by Gasteiger charge is -2.22. The number of nitrogens with one attached hydrogen (secondary N) is 3. The van der Waals surface area contributed by atoms with Crippen LogP contribution in [0.25, 0.3) is 0 Å². The normalized spacial score (nSPS) is 16.6. The number of ether oxygens (including phenoxy) is 1. The number of alkyl halides is 2. The summed E-state index contributed by atoms with van der Waals surface area (Å²) < 4.78 is 35.0. The van der Waals surface area contributed by atoms with Crippen molar-refractivity contribution in [2.24, 2.45) is 4.99 Å². The number of carbonyl (C=O) groups is 1. The van der Waals surface area contributed by atoms with E-state index in [1.165, 1.54) is 6.26 Å². The van der Waals surface area contributed by atoms with E-state index in [1.54, 1.807) is 43.4 Å². The first-order valence-electron chi connectivity index (χ1n) is 9.64. The number of para-hydroxylation sites is 2. The summed E-state index contributed by atoms with van der Waals surface area (Å²) in [6.45, 7) is -0.654. The molecule has 162 valence electrons. The molecule has 1 saturated heterocycles. The maximum Gasteiger partial charge on any atom is 0.387 e. The Morgan fingerprint density at radius 2 is 2.07 bits per heavy atom. The lowest BCUT2D eigenvalue weighted by atomic mass is 10.2. The Labute approximate surface area is 173 Å². The third-order valence-corrected chi connectivity index (χ3v) is 4.62. The van der Waals surface area contributed by atoms with Crippen molar-refractivity contribution in [3.8, 4) is 5.75 Å². The number of benzene rings is 1. The molecule has 30 heavy (non-hydrogen) atoms. The van der Waals surface area contributed by atoms with Crippen LogP contribution >= 0.6 is 0 Å². The van der Waals surface area contributed by atoms with E-state index in [-0.39, 0.29) is 23.5 Å². The van der Waals surface area contributed by atoms with E-state index in [1.807, 2.05) is 4.90 Å². The van der Waals surface area contributed by atoms with Gasteiger partial charge in [0, 0.05) is 39.3 Å². The van der Waals surface area contributed by atoms with Crippen LogP contribution in [0.3, 0.4) is 0 Å². The summed E-state index contributed by atoms with van der Waals surface area (Å²) in [6, 6.07) is 10.1. The predicted molar refractivity (Wildman–Crippen MR) is 109 cm³/mol. The van der Waals surface area contributed by atoms with Crippen molar-refractivity contribution in [1.82, 2.24) is 16.0 Å². The molecule has 1 aliphatic rings. The molecule has 1 aliphatic heterocycles. The molecule has 8 nitrogen and oxygen atoms in total. The van der Waals surface area contributed by atoms with Gasteiger partial charge in [-0.1, -0.05) is 12.1 Å². The summed E-state index contributed by atoms with van der Waals surface area (Å²) in [4.78, 5) is 18.0. The predicted octanol–water partition coefficient (Wildman–Crippen LogP) is 2.05. The van der Waals surface area contributed by atoms with E-state index < -0.39 is 6.61 Å². The largest absolute Gasteiger partial charge is 0.459 e. The van der Waals surface area contributed by atoms with E-state index in [9.17, 15) is 13.6 Å². The van der Waals surface area contributed by atoms with Gasteiger partial charge in [-0.25, -0.2) is 0 Å². The topological polar surface area (TPSA) is 91.1 Å². The van der Waals surface area contributed by atoms with E-state index in [0.717, 1.165) is 6.42 Å². The molecule has 0 saturated carbocycles. The standard InChI is InChI=1S/C20H25F2N5O3/c1-23-20(25-10-9-24-18(28)17-7-4-12-29-17)26-14-8-11-27(13-14)15-5-2-3-6-16(15)30-19(21)22/h2-7,12,14,19H,8-11,13H2,1H3,(H,24,28)(H2,23,25,26). The van der Waals surface area contributed by atoms with Gasteiger partial charge in [0.1, 0.15) is 5.75 Å². The third-order valence-electron chi connectivity index (χ3n) is 4.62. The SMILES string of the molecule is CN=C(NCCNC(=O)c1ccco1)NC1CCN(c2ccccc2OC(F)F)C1. The van der Waals surface area contributed by atoms with Gasteiger partial charge in [-0.3, -0.25) is 9.79 Å². The second kappa shape index (κ2) is 10.5. The zero-order valence-corrected chi connectivity index (χ0v) is 16.6. The van der Waals surface area contributed by atoms with Crippen LogP contribution in [-0.4, -0.2) is 57.7 Å². The van der Waals surface area contributed by atoms with E-state index in [2.05, 4.69) is 25.7 Å². The molecule has 1 amide bonds. The molecule has 1 unspecified atom stereocenters. The summed E-state index contributed by atoms with van der Waals surface area (Å²) in [5.74, 6) is 0.759. The zero-order valence-electron chi connectivity index (χ0n) is 16.6. The Balaban J connectivity index is 1.44. The van der Waals surface area contributed by atoms with Crippen LogP contribution in [0.1, 0.15) is 17.0 Å². The molecule has 0 aliphatic carbocycles. The fraction of sp³-hybridized carbons (Fsp3) is 0.400. The number of rotatable bonds is 8. The summed E-state index contributed by atoms with van der Waals surface area (Å²) in [6.07, 6.45) is 2.26. The number of furan rings is 1. The van der Waals surface area contributed by atoms with Crippen molar-refractivity contribution in [3.63, 3.8) is 0 Å². The minimum absolute atomic E-state index is 0.0912. The van der Waals surface area contributed by atoms with Crippen LogP contribution < -0.4 is 25.6 Å².